The molecule has 0 bridgehead atoms. The average molecular weight is 341 g/mol. The van der Waals surface area contributed by atoms with Gasteiger partial charge in [-0.15, -0.1) is 11.3 Å². The molecule has 124 valence electrons. The number of anilines is 1. The summed E-state index contributed by atoms with van der Waals surface area (Å²) >= 11 is 1.73. The van der Waals surface area contributed by atoms with Crippen LogP contribution in [0.2, 0.25) is 0 Å². The van der Waals surface area contributed by atoms with Crippen molar-refractivity contribution in [1.29, 1.82) is 0 Å². The minimum absolute atomic E-state index is 0.0662. The van der Waals surface area contributed by atoms with Gasteiger partial charge in [0, 0.05) is 42.5 Å². The lowest BCUT2D eigenvalue weighted by Crippen LogP contribution is -2.48. The van der Waals surface area contributed by atoms with Crippen LogP contribution >= 0.6 is 11.3 Å². The summed E-state index contributed by atoms with van der Waals surface area (Å²) in [5.41, 5.74) is 0.588. The number of carbonyl (C=O) groups excluding carboxylic acids is 1. The summed E-state index contributed by atoms with van der Waals surface area (Å²) in [7, 11) is 1.83. The lowest BCUT2D eigenvalue weighted by atomic mass is 10.0. The van der Waals surface area contributed by atoms with Gasteiger partial charge in [-0.25, -0.2) is 9.97 Å². The third-order valence-electron chi connectivity index (χ3n) is 4.46. The van der Waals surface area contributed by atoms with Crippen LogP contribution in [-0.4, -0.2) is 39.6 Å². The quantitative estimate of drug-likeness (QED) is 0.795. The van der Waals surface area contributed by atoms with Crippen molar-refractivity contribution in [3.8, 4) is 0 Å². The summed E-state index contributed by atoms with van der Waals surface area (Å²) in [6.07, 6.45) is 7.14. The number of rotatable bonds is 3. The van der Waals surface area contributed by atoms with Crippen LogP contribution in [-0.2, 0) is 7.05 Å². The normalized spacial score (nSPS) is 18.0. The average Bonchev–Trinajstić information content (AvgIpc) is 3.23. The molecule has 1 fully saturated rings. The van der Waals surface area contributed by atoms with E-state index in [1.807, 2.05) is 13.2 Å². The zero-order valence-corrected chi connectivity index (χ0v) is 14.3. The number of hydrogen-bond acceptors (Lipinski definition) is 5. The third-order valence-corrected chi connectivity index (χ3v) is 5.35. The molecule has 3 aromatic heterocycles. The van der Waals surface area contributed by atoms with E-state index in [0.29, 0.717) is 5.69 Å². The first kappa shape index (κ1) is 15.1. The van der Waals surface area contributed by atoms with Crippen LogP contribution in [0.25, 0.3) is 10.1 Å². The zero-order valence-electron chi connectivity index (χ0n) is 13.5. The van der Waals surface area contributed by atoms with Gasteiger partial charge in [0.2, 0.25) is 0 Å². The Balaban J connectivity index is 1.51. The van der Waals surface area contributed by atoms with E-state index in [4.69, 9.17) is 0 Å². The molecule has 1 unspecified atom stereocenters. The van der Waals surface area contributed by atoms with E-state index in [0.717, 1.165) is 31.7 Å². The number of amides is 1. The first-order chi connectivity index (χ1) is 11.7. The number of hydrogen-bond donors (Lipinski definition) is 1. The van der Waals surface area contributed by atoms with E-state index in [1.165, 1.54) is 10.1 Å². The highest BCUT2D eigenvalue weighted by molar-refractivity contribution is 7.17. The Morgan fingerprint density at radius 2 is 2.33 bits per heavy atom. The molecule has 0 aliphatic carbocycles. The van der Waals surface area contributed by atoms with Crippen LogP contribution in [0.5, 0.6) is 0 Å². The first-order valence-electron chi connectivity index (χ1n) is 8.07. The third kappa shape index (κ3) is 2.75. The number of thiophene rings is 1. The molecular weight excluding hydrogens is 322 g/mol. The number of nitrogens with one attached hydrogen (secondary N) is 1. The smallest absolute Gasteiger partial charge is 0.269 e. The number of aromatic nitrogens is 3. The molecule has 4 rings (SSSR count). The maximum absolute atomic E-state index is 12.4. The van der Waals surface area contributed by atoms with Crippen molar-refractivity contribution in [3.63, 3.8) is 0 Å². The van der Waals surface area contributed by atoms with Crippen molar-refractivity contribution in [2.24, 2.45) is 7.05 Å². The van der Waals surface area contributed by atoms with Gasteiger partial charge in [0.25, 0.3) is 5.91 Å². The fraction of sp³-hybridized carbons (Fsp3) is 0.353. The van der Waals surface area contributed by atoms with E-state index < -0.39 is 0 Å². The molecule has 6 nitrogen and oxygen atoms in total. The fourth-order valence-electron chi connectivity index (χ4n) is 3.25. The second-order valence-electron chi connectivity index (χ2n) is 6.12. The van der Waals surface area contributed by atoms with Crippen LogP contribution in [0.15, 0.2) is 36.2 Å². The predicted octanol–water partition coefficient (Wildman–Crippen LogP) is 2.43. The molecule has 1 aliphatic rings. The Morgan fingerprint density at radius 1 is 1.42 bits per heavy atom. The molecular formula is C17H19N5OS. The SMILES string of the molecule is Cn1cncc1C(=O)NC1CCCN(c2nccc3sccc23)C1. The van der Waals surface area contributed by atoms with Crippen LogP contribution in [0.3, 0.4) is 0 Å². The predicted molar refractivity (Wildman–Crippen MR) is 95.5 cm³/mol. The largest absolute Gasteiger partial charge is 0.354 e. The molecule has 0 spiro atoms. The van der Waals surface area contributed by atoms with Crippen LogP contribution < -0.4 is 10.2 Å². The number of imidazole rings is 1. The highest BCUT2D eigenvalue weighted by Crippen LogP contribution is 2.30. The number of carbonyl (C=O) groups is 1. The summed E-state index contributed by atoms with van der Waals surface area (Å²) in [5, 5.41) is 6.43. The Hall–Kier alpha value is -2.41. The summed E-state index contributed by atoms with van der Waals surface area (Å²) in [6.45, 7) is 1.76. The number of nitrogens with zero attached hydrogens (tertiary/aromatic N) is 4. The Morgan fingerprint density at radius 3 is 3.17 bits per heavy atom. The van der Waals surface area contributed by atoms with Crippen molar-refractivity contribution in [2.75, 3.05) is 18.0 Å². The van der Waals surface area contributed by atoms with Crippen molar-refractivity contribution < 1.29 is 4.79 Å². The van der Waals surface area contributed by atoms with Crippen molar-refractivity contribution in [2.45, 2.75) is 18.9 Å². The lowest BCUT2D eigenvalue weighted by Gasteiger charge is -2.34. The standard InChI is InChI=1S/C17H19N5OS/c1-21-11-18-9-14(21)17(23)20-12-3-2-7-22(10-12)16-13-5-8-24-15(13)4-6-19-16/h4-6,8-9,11-12H,2-3,7,10H2,1H3,(H,20,23). The molecule has 1 amide bonds. The number of piperidine rings is 1. The van der Waals surface area contributed by atoms with Crippen LogP contribution in [0, 0.1) is 0 Å². The van der Waals surface area contributed by atoms with Gasteiger partial charge in [0.05, 0.1) is 12.5 Å². The maximum atomic E-state index is 12.4. The highest BCUT2D eigenvalue weighted by Gasteiger charge is 2.24. The second-order valence-corrected chi connectivity index (χ2v) is 7.06. The van der Waals surface area contributed by atoms with Gasteiger partial charge in [-0.2, -0.15) is 0 Å². The summed E-state index contributed by atoms with van der Waals surface area (Å²) in [5.74, 6) is 0.955. The van der Waals surface area contributed by atoms with Gasteiger partial charge in [0.15, 0.2) is 0 Å². The number of fused-ring (bicyclic) bond motifs is 1. The van der Waals surface area contributed by atoms with E-state index in [1.54, 1.807) is 28.4 Å². The monoisotopic (exact) mass is 341 g/mol. The van der Waals surface area contributed by atoms with E-state index in [2.05, 4.69) is 37.7 Å². The van der Waals surface area contributed by atoms with E-state index in [-0.39, 0.29) is 11.9 Å². The molecule has 1 aliphatic heterocycles. The molecule has 0 saturated carbocycles. The van der Waals surface area contributed by atoms with Gasteiger partial charge in [-0.05, 0) is 30.4 Å². The molecule has 1 N–H and O–H groups in total. The molecule has 24 heavy (non-hydrogen) atoms. The number of pyridine rings is 1. The molecule has 0 aromatic carbocycles. The molecule has 0 radical (unpaired) electrons. The van der Waals surface area contributed by atoms with E-state index >= 15 is 0 Å². The Labute approximate surface area is 144 Å². The topological polar surface area (TPSA) is 63.1 Å². The molecule has 4 heterocycles. The van der Waals surface area contributed by atoms with Crippen LogP contribution in [0.1, 0.15) is 23.3 Å². The minimum Gasteiger partial charge on any atom is -0.354 e. The van der Waals surface area contributed by atoms with Gasteiger partial charge in [-0.1, -0.05) is 0 Å². The summed E-state index contributed by atoms with van der Waals surface area (Å²) < 4.78 is 2.99. The molecule has 1 saturated heterocycles. The van der Waals surface area contributed by atoms with Crippen LogP contribution in [0.4, 0.5) is 5.82 Å². The fourth-order valence-corrected chi connectivity index (χ4v) is 4.03. The highest BCUT2D eigenvalue weighted by atomic mass is 32.1. The van der Waals surface area contributed by atoms with Gasteiger partial charge in [-0.3, -0.25) is 4.79 Å². The zero-order chi connectivity index (χ0) is 16.5. The van der Waals surface area contributed by atoms with Gasteiger partial charge >= 0.3 is 0 Å². The van der Waals surface area contributed by atoms with E-state index in [9.17, 15) is 4.79 Å². The Kier molecular flexibility index (Phi) is 3.93. The molecule has 1 atom stereocenters. The summed E-state index contributed by atoms with van der Waals surface area (Å²) in [6, 6.07) is 4.30. The molecule has 7 heteroatoms. The van der Waals surface area contributed by atoms with Crippen molar-refractivity contribution >= 4 is 33.1 Å². The van der Waals surface area contributed by atoms with Crippen molar-refractivity contribution in [3.05, 3.63) is 41.9 Å². The number of aryl methyl sites for hydroxylation is 1. The summed E-state index contributed by atoms with van der Waals surface area (Å²) in [4.78, 5) is 23.3. The van der Waals surface area contributed by atoms with Gasteiger partial charge < -0.3 is 14.8 Å². The lowest BCUT2D eigenvalue weighted by molar-refractivity contribution is 0.0925. The van der Waals surface area contributed by atoms with Gasteiger partial charge in [0.1, 0.15) is 11.5 Å². The second kappa shape index (κ2) is 6.24. The minimum atomic E-state index is -0.0662. The maximum Gasteiger partial charge on any atom is 0.269 e. The Bertz CT molecular complexity index is 871. The molecule has 3 aromatic rings. The van der Waals surface area contributed by atoms with Crippen molar-refractivity contribution in [1.82, 2.24) is 19.9 Å². The first-order valence-corrected chi connectivity index (χ1v) is 8.94.